The number of nitrogens with one attached hydrogen (secondary N) is 2. The molecule has 0 radical (unpaired) electrons. The summed E-state index contributed by atoms with van der Waals surface area (Å²) in [5, 5.41) is 8.78. The van der Waals surface area contributed by atoms with Crippen molar-refractivity contribution in [3.63, 3.8) is 0 Å². The molecule has 194 valence electrons. The molecule has 6 rings (SSSR count). The molecule has 2 N–H and O–H groups in total. The van der Waals surface area contributed by atoms with Crippen LogP contribution in [0.2, 0.25) is 0 Å². The van der Waals surface area contributed by atoms with Gasteiger partial charge in [-0.15, -0.1) is 0 Å². The van der Waals surface area contributed by atoms with Crippen molar-refractivity contribution in [3.05, 3.63) is 79.4 Å². The van der Waals surface area contributed by atoms with Gasteiger partial charge in [0.05, 0.1) is 28.4 Å². The van der Waals surface area contributed by atoms with Crippen LogP contribution in [-0.2, 0) is 11.8 Å². The first-order valence-corrected chi connectivity index (χ1v) is 12.9. The monoisotopic (exact) mass is 515 g/mol. The average molecular weight is 516 g/mol. The maximum atomic E-state index is 12.5. The van der Waals surface area contributed by atoms with Crippen LogP contribution in [-0.4, -0.2) is 35.6 Å². The summed E-state index contributed by atoms with van der Waals surface area (Å²) in [4.78, 5) is 29.6. The van der Waals surface area contributed by atoms with Crippen LogP contribution in [0.4, 0.5) is 5.69 Å². The van der Waals surface area contributed by atoms with E-state index in [1.807, 2.05) is 75.1 Å². The molecule has 4 aromatic heterocycles. The third-order valence-corrected chi connectivity index (χ3v) is 6.61. The number of amides is 1. The molecule has 0 bridgehead atoms. The van der Waals surface area contributed by atoms with Gasteiger partial charge >= 0.3 is 0 Å². The van der Waals surface area contributed by atoms with Crippen molar-refractivity contribution in [1.82, 2.24) is 29.7 Å². The lowest BCUT2D eigenvalue weighted by Crippen LogP contribution is -2.19. The average Bonchev–Trinajstić information content (AvgIpc) is 3.49. The quantitative estimate of drug-likeness (QED) is 0.269. The number of hydrogen-bond acceptors (Lipinski definition) is 5. The van der Waals surface area contributed by atoms with Crippen LogP contribution < -0.4 is 5.32 Å². The first-order valence-electron chi connectivity index (χ1n) is 12.9. The maximum absolute atomic E-state index is 12.5. The van der Waals surface area contributed by atoms with Crippen LogP contribution in [0, 0.1) is 5.41 Å². The molecule has 8 nitrogen and oxygen atoms in total. The van der Waals surface area contributed by atoms with Gasteiger partial charge in [0.15, 0.2) is 5.82 Å². The Kier molecular flexibility index (Phi) is 5.95. The number of pyridine rings is 2. The van der Waals surface area contributed by atoms with Crippen LogP contribution in [0.15, 0.2) is 79.4 Å². The second-order valence-electron chi connectivity index (χ2n) is 11.0. The number of anilines is 1. The van der Waals surface area contributed by atoms with Crippen molar-refractivity contribution in [2.75, 3.05) is 5.32 Å². The highest BCUT2D eigenvalue weighted by atomic mass is 16.1. The van der Waals surface area contributed by atoms with Crippen molar-refractivity contribution in [3.8, 4) is 33.8 Å². The van der Waals surface area contributed by atoms with Gasteiger partial charge in [0.2, 0.25) is 5.91 Å². The maximum Gasteiger partial charge on any atom is 0.224 e. The predicted octanol–water partition coefficient (Wildman–Crippen LogP) is 6.62. The molecule has 0 aliphatic heterocycles. The topological polar surface area (TPSA) is 101 Å². The molecular weight excluding hydrogens is 486 g/mol. The van der Waals surface area contributed by atoms with Crippen molar-refractivity contribution in [2.24, 2.45) is 12.5 Å². The minimum absolute atomic E-state index is 0.0259. The molecule has 0 saturated carbocycles. The summed E-state index contributed by atoms with van der Waals surface area (Å²) >= 11 is 0. The zero-order valence-corrected chi connectivity index (χ0v) is 22.4. The summed E-state index contributed by atoms with van der Waals surface area (Å²) < 4.78 is 1.87. The first-order chi connectivity index (χ1) is 18.7. The van der Waals surface area contributed by atoms with Gasteiger partial charge in [-0.1, -0.05) is 45.0 Å². The smallest absolute Gasteiger partial charge is 0.224 e. The molecule has 6 aromatic rings. The normalized spacial score (nSPS) is 11.8. The second-order valence-corrected chi connectivity index (χ2v) is 11.0. The summed E-state index contributed by atoms with van der Waals surface area (Å²) in [5.74, 6) is 0.674. The van der Waals surface area contributed by atoms with E-state index >= 15 is 0 Å². The highest BCUT2D eigenvalue weighted by Crippen LogP contribution is 2.34. The molecule has 1 amide bonds. The Hall–Kier alpha value is -4.85. The zero-order valence-electron chi connectivity index (χ0n) is 22.4. The highest BCUT2D eigenvalue weighted by Gasteiger charge is 2.18. The molecule has 0 unspecified atom stereocenters. The Morgan fingerprint density at radius 2 is 1.79 bits per heavy atom. The van der Waals surface area contributed by atoms with Gasteiger partial charge in [0.1, 0.15) is 5.69 Å². The van der Waals surface area contributed by atoms with Gasteiger partial charge in [0, 0.05) is 54.1 Å². The summed E-state index contributed by atoms with van der Waals surface area (Å²) in [6, 6.07) is 18.2. The number of benzene rings is 2. The van der Waals surface area contributed by atoms with Gasteiger partial charge < -0.3 is 10.3 Å². The van der Waals surface area contributed by atoms with Gasteiger partial charge in [-0.2, -0.15) is 5.10 Å². The fourth-order valence-electron chi connectivity index (χ4n) is 4.87. The first kappa shape index (κ1) is 24.5. The summed E-state index contributed by atoms with van der Waals surface area (Å²) in [6.45, 7) is 6.14. The second kappa shape index (κ2) is 9.47. The Bertz CT molecular complexity index is 1830. The number of fused-ring (bicyclic) bond motifs is 2. The van der Waals surface area contributed by atoms with Gasteiger partial charge in [0.25, 0.3) is 0 Å². The van der Waals surface area contributed by atoms with E-state index in [2.05, 4.69) is 38.5 Å². The Morgan fingerprint density at radius 3 is 2.59 bits per heavy atom. The van der Waals surface area contributed by atoms with Crippen molar-refractivity contribution >= 4 is 33.5 Å². The number of para-hydroxylation sites is 1. The number of aromatic amines is 1. The van der Waals surface area contributed by atoms with Crippen LogP contribution in [0.1, 0.15) is 27.2 Å². The van der Waals surface area contributed by atoms with E-state index in [0.29, 0.717) is 17.9 Å². The van der Waals surface area contributed by atoms with E-state index < -0.39 is 0 Å². The van der Waals surface area contributed by atoms with E-state index in [-0.39, 0.29) is 11.3 Å². The third-order valence-electron chi connectivity index (χ3n) is 6.61. The third kappa shape index (κ3) is 4.88. The van der Waals surface area contributed by atoms with E-state index in [0.717, 1.165) is 49.9 Å². The molecule has 0 fully saturated rings. The number of carbonyl (C=O) groups excluding carboxylic acids is 1. The van der Waals surface area contributed by atoms with Crippen LogP contribution in [0.3, 0.4) is 0 Å². The number of aryl methyl sites for hydroxylation is 1. The molecule has 0 aliphatic carbocycles. The molecule has 4 heterocycles. The minimum atomic E-state index is -0.0910. The Labute approximate surface area is 226 Å². The summed E-state index contributed by atoms with van der Waals surface area (Å²) in [6.07, 6.45) is 7.52. The largest absolute Gasteiger partial charge is 0.337 e. The SMILES string of the molecule is Cn1nc(-c2nc3c(-c4cccnc4)cccc3[nH]2)c2cc(-c3cncc(NC(=O)CC(C)(C)C)c3)ccc21. The zero-order chi connectivity index (χ0) is 27.1. The van der Waals surface area contributed by atoms with Gasteiger partial charge in [-0.05, 0) is 41.3 Å². The Morgan fingerprint density at radius 1 is 0.949 bits per heavy atom. The van der Waals surface area contributed by atoms with Crippen molar-refractivity contribution < 1.29 is 4.79 Å². The number of rotatable bonds is 5. The number of imidazole rings is 1. The van der Waals surface area contributed by atoms with E-state index in [9.17, 15) is 4.79 Å². The number of aromatic nitrogens is 6. The fourth-order valence-corrected chi connectivity index (χ4v) is 4.87. The lowest BCUT2D eigenvalue weighted by atomic mass is 9.92. The molecule has 0 atom stereocenters. The molecule has 8 heteroatoms. The molecular formula is C31H29N7O. The van der Waals surface area contributed by atoms with Crippen molar-refractivity contribution in [2.45, 2.75) is 27.2 Å². The van der Waals surface area contributed by atoms with E-state index in [1.54, 1.807) is 18.6 Å². The summed E-state index contributed by atoms with van der Waals surface area (Å²) in [5.41, 5.74) is 8.06. The molecule has 0 saturated heterocycles. The summed E-state index contributed by atoms with van der Waals surface area (Å²) in [7, 11) is 1.93. The fraction of sp³-hybridized carbons (Fsp3) is 0.194. The standard InChI is InChI=1S/C31H29N7O/c1-31(2,3)15-27(39)34-22-13-21(17-33-18-22)19-10-11-26-24(14-19)29(37-38(26)4)30-35-25-9-5-8-23(28(25)36-30)20-7-6-12-32-16-20/h5-14,16-18H,15H2,1-4H3,(H,34,39)(H,35,36). The van der Waals surface area contributed by atoms with E-state index in [1.165, 1.54) is 0 Å². The molecule has 39 heavy (non-hydrogen) atoms. The van der Waals surface area contributed by atoms with Crippen LogP contribution in [0.5, 0.6) is 0 Å². The number of carbonyl (C=O) groups is 1. The lowest BCUT2D eigenvalue weighted by Gasteiger charge is -2.17. The van der Waals surface area contributed by atoms with Gasteiger partial charge in [-0.25, -0.2) is 4.98 Å². The molecule has 0 aliphatic rings. The molecule has 0 spiro atoms. The predicted molar refractivity (Wildman–Crippen MR) is 155 cm³/mol. The lowest BCUT2D eigenvalue weighted by molar-refractivity contribution is -0.117. The minimum Gasteiger partial charge on any atom is -0.337 e. The Balaban J connectivity index is 1.39. The molecule has 2 aromatic carbocycles. The van der Waals surface area contributed by atoms with Crippen molar-refractivity contribution in [1.29, 1.82) is 0 Å². The van der Waals surface area contributed by atoms with E-state index in [4.69, 9.17) is 10.1 Å². The number of nitrogens with zero attached hydrogens (tertiary/aromatic N) is 5. The van der Waals surface area contributed by atoms with Crippen LogP contribution >= 0.6 is 0 Å². The highest BCUT2D eigenvalue weighted by molar-refractivity contribution is 5.99. The van der Waals surface area contributed by atoms with Gasteiger partial charge in [-0.3, -0.25) is 19.4 Å². The van der Waals surface area contributed by atoms with Crippen LogP contribution in [0.25, 0.3) is 55.7 Å². The number of H-pyrrole nitrogens is 1. The number of hydrogen-bond donors (Lipinski definition) is 2.